The lowest BCUT2D eigenvalue weighted by Crippen LogP contribution is -2.57. The molecule has 0 aliphatic carbocycles. The average Bonchev–Trinajstić information content (AvgIpc) is 3.16. The topological polar surface area (TPSA) is 73.4 Å². The van der Waals surface area contributed by atoms with Crippen LogP contribution in [0.2, 0.25) is 0 Å². The van der Waals surface area contributed by atoms with Crippen LogP contribution >= 0.6 is 0 Å². The first kappa shape index (κ1) is 24.6. The highest BCUT2D eigenvalue weighted by molar-refractivity contribution is 5.98. The molecule has 8 nitrogen and oxygen atoms in total. The van der Waals surface area contributed by atoms with E-state index < -0.39 is 5.54 Å². The predicted octanol–water partition coefficient (Wildman–Crippen LogP) is 2.84. The van der Waals surface area contributed by atoms with Crippen molar-refractivity contribution in [3.8, 4) is 5.75 Å². The van der Waals surface area contributed by atoms with Crippen molar-refractivity contribution in [2.24, 2.45) is 0 Å². The Bertz CT molecular complexity index is 1060. The molecule has 0 atom stereocenters. The summed E-state index contributed by atoms with van der Waals surface area (Å²) in [5.74, 6) is 0.498. The maximum atomic E-state index is 13.8. The molecule has 0 N–H and O–H groups in total. The Morgan fingerprint density at radius 3 is 2.31 bits per heavy atom. The summed E-state index contributed by atoms with van der Waals surface area (Å²) in [6.07, 6.45) is 1.01. The second-order valence-electron chi connectivity index (χ2n) is 9.03. The van der Waals surface area contributed by atoms with Gasteiger partial charge in [0.25, 0.3) is 11.8 Å². The van der Waals surface area contributed by atoms with Crippen molar-refractivity contribution in [2.75, 3.05) is 51.4 Å². The van der Waals surface area contributed by atoms with Crippen LogP contribution in [0.4, 0.5) is 5.69 Å². The molecule has 2 fully saturated rings. The molecule has 3 amide bonds. The monoisotopic (exact) mass is 478 g/mol. The molecule has 2 saturated heterocycles. The number of carbonyl (C=O) groups is 3. The molecule has 0 unspecified atom stereocenters. The van der Waals surface area contributed by atoms with Gasteiger partial charge in [0.05, 0.1) is 13.8 Å². The zero-order valence-corrected chi connectivity index (χ0v) is 20.8. The molecular formula is C27H34N4O4. The van der Waals surface area contributed by atoms with Crippen LogP contribution in [0.25, 0.3) is 0 Å². The maximum absolute atomic E-state index is 13.8. The van der Waals surface area contributed by atoms with E-state index in [-0.39, 0.29) is 24.3 Å². The van der Waals surface area contributed by atoms with Crippen molar-refractivity contribution in [1.82, 2.24) is 14.7 Å². The van der Waals surface area contributed by atoms with Gasteiger partial charge in [-0.05, 0) is 57.0 Å². The molecule has 8 heteroatoms. The van der Waals surface area contributed by atoms with Crippen LogP contribution in [0.5, 0.6) is 5.75 Å². The number of anilines is 1. The minimum atomic E-state index is -0.768. The SMILES string of the molecule is CCN(CC)C(=O)CN1CN(c2ccccc2)C2(CCN(C(=O)c3cccc(OC)c3)CC2)C1=O. The average molecular weight is 479 g/mol. The van der Waals surface area contributed by atoms with E-state index in [1.54, 1.807) is 40.0 Å². The molecule has 0 radical (unpaired) electrons. The summed E-state index contributed by atoms with van der Waals surface area (Å²) in [6, 6.07) is 17.0. The number of likely N-dealkylation sites (N-methyl/N-ethyl adjacent to an activating group) is 1. The van der Waals surface area contributed by atoms with Gasteiger partial charge in [-0.25, -0.2) is 0 Å². The predicted molar refractivity (Wildman–Crippen MR) is 134 cm³/mol. The number of methoxy groups -OCH3 is 1. The lowest BCUT2D eigenvalue weighted by molar-refractivity contribution is -0.140. The number of nitrogens with zero attached hydrogens (tertiary/aromatic N) is 4. The third kappa shape index (κ3) is 4.70. The normalized spacial score (nSPS) is 17.1. The van der Waals surface area contributed by atoms with Gasteiger partial charge >= 0.3 is 0 Å². The summed E-state index contributed by atoms with van der Waals surface area (Å²) in [7, 11) is 1.58. The van der Waals surface area contributed by atoms with Gasteiger partial charge in [0, 0.05) is 37.4 Å². The van der Waals surface area contributed by atoms with Crippen LogP contribution in [-0.2, 0) is 9.59 Å². The molecule has 2 aromatic rings. The van der Waals surface area contributed by atoms with Crippen LogP contribution < -0.4 is 9.64 Å². The zero-order valence-electron chi connectivity index (χ0n) is 20.8. The number of hydrogen-bond acceptors (Lipinski definition) is 5. The van der Waals surface area contributed by atoms with Crippen LogP contribution in [0.1, 0.15) is 37.0 Å². The fourth-order valence-electron chi connectivity index (χ4n) is 5.18. The standard InChI is InChI=1S/C27H34N4O4/c1-4-28(5-2)24(32)19-30-20-31(22-11-7-6-8-12-22)27(26(30)34)14-16-29(17-15-27)25(33)21-10-9-13-23(18-21)35-3/h6-13,18H,4-5,14-17,19-20H2,1-3H3. The minimum Gasteiger partial charge on any atom is -0.497 e. The van der Waals surface area contributed by atoms with Gasteiger partial charge in [0.2, 0.25) is 5.91 Å². The van der Waals surface area contributed by atoms with Gasteiger partial charge in [-0.15, -0.1) is 0 Å². The van der Waals surface area contributed by atoms with Gasteiger partial charge in [0.1, 0.15) is 17.8 Å². The summed E-state index contributed by atoms with van der Waals surface area (Å²) in [6.45, 7) is 6.47. The number of rotatable bonds is 7. The largest absolute Gasteiger partial charge is 0.497 e. The van der Waals surface area contributed by atoms with E-state index in [1.807, 2.05) is 50.2 Å². The second kappa shape index (κ2) is 10.4. The summed E-state index contributed by atoms with van der Waals surface area (Å²) in [5, 5.41) is 0. The van der Waals surface area contributed by atoms with Crippen LogP contribution in [0.3, 0.4) is 0 Å². The Hall–Kier alpha value is -3.55. The molecule has 4 rings (SSSR count). The zero-order chi connectivity index (χ0) is 25.0. The molecule has 0 bridgehead atoms. The molecule has 35 heavy (non-hydrogen) atoms. The lowest BCUT2D eigenvalue weighted by atomic mass is 9.85. The molecule has 0 aromatic heterocycles. The molecule has 2 aliphatic heterocycles. The van der Waals surface area contributed by atoms with Crippen molar-refractivity contribution >= 4 is 23.4 Å². The Balaban J connectivity index is 1.55. The van der Waals surface area contributed by atoms with Crippen molar-refractivity contribution in [2.45, 2.75) is 32.2 Å². The first-order chi connectivity index (χ1) is 16.9. The highest BCUT2D eigenvalue weighted by Gasteiger charge is 2.54. The van der Waals surface area contributed by atoms with Crippen molar-refractivity contribution in [3.05, 3.63) is 60.2 Å². The van der Waals surface area contributed by atoms with Crippen LogP contribution in [-0.4, -0.2) is 84.5 Å². The number of carbonyl (C=O) groups excluding carboxylic acids is 3. The van der Waals surface area contributed by atoms with Gasteiger partial charge in [0.15, 0.2) is 0 Å². The molecule has 0 saturated carbocycles. The highest BCUT2D eigenvalue weighted by Crippen LogP contribution is 2.39. The first-order valence-electron chi connectivity index (χ1n) is 12.3. The second-order valence-corrected chi connectivity index (χ2v) is 9.03. The van der Waals surface area contributed by atoms with Gasteiger partial charge in [-0.2, -0.15) is 0 Å². The van der Waals surface area contributed by atoms with Crippen molar-refractivity contribution in [1.29, 1.82) is 0 Å². The fourth-order valence-corrected chi connectivity index (χ4v) is 5.18. The summed E-state index contributed by atoms with van der Waals surface area (Å²) in [5.41, 5.74) is 0.756. The third-order valence-electron chi connectivity index (χ3n) is 7.22. The number of benzene rings is 2. The number of likely N-dealkylation sites (tertiary alicyclic amines) is 1. The number of amides is 3. The van der Waals surface area contributed by atoms with E-state index in [0.29, 0.717) is 57.0 Å². The third-order valence-corrected chi connectivity index (χ3v) is 7.22. The Morgan fingerprint density at radius 1 is 1.00 bits per heavy atom. The van der Waals surface area contributed by atoms with Crippen LogP contribution in [0, 0.1) is 0 Å². The molecule has 186 valence electrons. The summed E-state index contributed by atoms with van der Waals surface area (Å²) in [4.78, 5) is 47.2. The molecule has 1 spiro atoms. The first-order valence-corrected chi connectivity index (χ1v) is 12.3. The smallest absolute Gasteiger partial charge is 0.253 e. The van der Waals surface area contributed by atoms with Gasteiger partial charge in [-0.3, -0.25) is 14.4 Å². The van der Waals surface area contributed by atoms with Crippen molar-refractivity contribution in [3.63, 3.8) is 0 Å². The number of ether oxygens (including phenoxy) is 1. The minimum absolute atomic E-state index is 0.0321. The van der Waals surface area contributed by atoms with E-state index in [0.717, 1.165) is 5.69 Å². The van der Waals surface area contributed by atoms with Gasteiger partial charge < -0.3 is 24.3 Å². The Morgan fingerprint density at radius 2 is 1.69 bits per heavy atom. The van der Waals surface area contributed by atoms with E-state index in [9.17, 15) is 14.4 Å². The Labute approximate surface area is 207 Å². The number of piperidine rings is 1. The molecule has 2 heterocycles. The highest BCUT2D eigenvalue weighted by atomic mass is 16.5. The fraction of sp³-hybridized carbons (Fsp3) is 0.444. The van der Waals surface area contributed by atoms with Gasteiger partial charge in [-0.1, -0.05) is 24.3 Å². The van der Waals surface area contributed by atoms with Crippen molar-refractivity contribution < 1.29 is 19.1 Å². The Kier molecular flexibility index (Phi) is 7.28. The van der Waals surface area contributed by atoms with E-state index in [4.69, 9.17) is 4.74 Å². The van der Waals surface area contributed by atoms with Crippen LogP contribution in [0.15, 0.2) is 54.6 Å². The molecule has 2 aromatic carbocycles. The summed E-state index contributed by atoms with van der Waals surface area (Å²) >= 11 is 0. The lowest BCUT2D eigenvalue weighted by Gasteiger charge is -2.43. The van der Waals surface area contributed by atoms with E-state index in [1.165, 1.54) is 0 Å². The summed E-state index contributed by atoms with van der Waals surface area (Å²) < 4.78 is 5.26. The maximum Gasteiger partial charge on any atom is 0.253 e. The molecular weight excluding hydrogens is 444 g/mol. The number of para-hydroxylation sites is 1. The van der Waals surface area contributed by atoms with E-state index in [2.05, 4.69) is 4.90 Å². The quantitative estimate of drug-likeness (QED) is 0.612. The van der Waals surface area contributed by atoms with E-state index >= 15 is 0 Å². The molecule has 2 aliphatic rings. The number of hydrogen-bond donors (Lipinski definition) is 0.